The molecular formula is C17H12LaN2O4-2. The number of imide groups is 2. The molecule has 0 aliphatic carbocycles. The number of carbonyl (C=O) groups is 4. The van der Waals surface area contributed by atoms with Gasteiger partial charge in [0.25, 0.3) is 11.8 Å². The Labute approximate surface area is 166 Å². The summed E-state index contributed by atoms with van der Waals surface area (Å²) in [6.07, 6.45) is 0. The number of carbonyl (C=O) groups excluding carboxylic acids is 4. The third-order valence-corrected chi connectivity index (χ3v) is 4.09. The van der Waals surface area contributed by atoms with Crippen LogP contribution in [0.5, 0.6) is 0 Å². The van der Waals surface area contributed by atoms with E-state index >= 15 is 0 Å². The van der Waals surface area contributed by atoms with Gasteiger partial charge in [0.15, 0.2) is 0 Å². The molecule has 2 aliphatic heterocycles. The van der Waals surface area contributed by atoms with E-state index in [1.807, 2.05) is 0 Å². The van der Waals surface area contributed by atoms with Gasteiger partial charge >= 0.3 is 0 Å². The summed E-state index contributed by atoms with van der Waals surface area (Å²) in [5, 5.41) is 4.20. The van der Waals surface area contributed by atoms with Gasteiger partial charge in [0, 0.05) is 75.2 Å². The first-order valence-electron chi connectivity index (χ1n) is 6.81. The van der Waals surface area contributed by atoms with Crippen molar-refractivity contribution in [1.82, 2.24) is 4.90 Å². The molecule has 1 radical (unpaired) electrons. The van der Waals surface area contributed by atoms with Gasteiger partial charge in [-0.15, -0.1) is 0 Å². The van der Waals surface area contributed by atoms with E-state index in [0.29, 0.717) is 21.9 Å². The molecule has 2 aromatic carbocycles. The van der Waals surface area contributed by atoms with E-state index in [-0.39, 0.29) is 60.7 Å². The summed E-state index contributed by atoms with van der Waals surface area (Å²) in [4.78, 5) is 49.9. The Bertz CT molecular complexity index is 867. The Balaban J connectivity index is 0.00000104. The summed E-state index contributed by atoms with van der Waals surface area (Å²) in [5.74, 6) is -2.10. The maximum atomic E-state index is 12.4. The summed E-state index contributed by atoms with van der Waals surface area (Å²) in [5.41, 5.74) is 1.17. The first-order valence-corrected chi connectivity index (χ1v) is 6.81. The molecule has 0 saturated heterocycles. The van der Waals surface area contributed by atoms with Crippen LogP contribution in [0.1, 0.15) is 48.4 Å². The largest absolute Gasteiger partial charge is 0.587 e. The van der Waals surface area contributed by atoms with Gasteiger partial charge in [-0.05, 0) is 19.1 Å². The van der Waals surface area contributed by atoms with Crippen molar-refractivity contribution in [3.63, 3.8) is 0 Å². The van der Waals surface area contributed by atoms with Crippen LogP contribution in [0, 0.1) is 43.0 Å². The molecular weight excluding hydrogens is 435 g/mol. The van der Waals surface area contributed by atoms with Gasteiger partial charge in [-0.25, -0.2) is 0 Å². The molecule has 0 fully saturated rings. The van der Waals surface area contributed by atoms with E-state index in [2.05, 4.69) is 5.32 Å². The summed E-state index contributed by atoms with van der Waals surface area (Å²) in [7, 11) is 0. The molecule has 24 heavy (non-hydrogen) atoms. The van der Waals surface area contributed by atoms with Crippen molar-refractivity contribution in [1.29, 1.82) is 0 Å². The third-order valence-electron chi connectivity index (χ3n) is 4.09. The van der Waals surface area contributed by atoms with Gasteiger partial charge in [0.05, 0.1) is 11.8 Å². The fourth-order valence-corrected chi connectivity index (χ4v) is 3.09. The zero-order valence-corrected chi connectivity index (χ0v) is 16.7. The molecule has 7 heteroatoms. The molecule has 6 nitrogen and oxygen atoms in total. The Kier molecular flexibility index (Phi) is 4.81. The maximum absolute atomic E-state index is 12.4. The van der Waals surface area contributed by atoms with Crippen molar-refractivity contribution in [3.8, 4) is 0 Å². The normalized spacial score (nSPS) is 15.0. The van der Waals surface area contributed by atoms with Crippen molar-refractivity contribution in [3.05, 3.63) is 59.3 Å². The van der Waals surface area contributed by atoms with Gasteiger partial charge in [0.1, 0.15) is 0 Å². The number of nitrogens with zero attached hydrogens (tertiary/aromatic N) is 2. The Morgan fingerprint density at radius 3 is 1.58 bits per heavy atom. The van der Waals surface area contributed by atoms with E-state index in [4.69, 9.17) is 0 Å². The standard InChI is InChI=1S/C16H10N2O4.CH3.La/c1-2-18-15(21)9-5-3-7-11-8(14(20)17-13(7)19)4-6-10(12(9)11)16(18)22;;/h3-6H,2H2,1H3,(H,17,19,20);1H3;/q;-1;/p-1. The minimum Gasteiger partial charge on any atom is -0.587 e. The minimum atomic E-state index is -0.640. The second-order valence-corrected chi connectivity index (χ2v) is 5.15. The van der Waals surface area contributed by atoms with E-state index in [1.165, 1.54) is 24.3 Å². The van der Waals surface area contributed by atoms with Crippen LogP contribution < -0.4 is 0 Å². The van der Waals surface area contributed by atoms with E-state index < -0.39 is 23.6 Å². The predicted molar refractivity (Wildman–Crippen MR) is 83.4 cm³/mol. The van der Waals surface area contributed by atoms with Crippen LogP contribution in [-0.4, -0.2) is 35.1 Å². The van der Waals surface area contributed by atoms with E-state index in [1.54, 1.807) is 6.92 Å². The van der Waals surface area contributed by atoms with Gasteiger partial charge in [-0.3, -0.25) is 14.5 Å². The zero-order chi connectivity index (χ0) is 15.6. The van der Waals surface area contributed by atoms with Crippen LogP contribution >= 0.6 is 0 Å². The van der Waals surface area contributed by atoms with Crippen molar-refractivity contribution < 1.29 is 54.8 Å². The van der Waals surface area contributed by atoms with Gasteiger partial charge < -0.3 is 22.3 Å². The Morgan fingerprint density at radius 2 is 1.17 bits per heavy atom. The van der Waals surface area contributed by atoms with Crippen molar-refractivity contribution >= 4 is 34.4 Å². The molecule has 0 saturated carbocycles. The summed E-state index contributed by atoms with van der Waals surface area (Å²) in [6, 6.07) is 6.02. The molecule has 0 N–H and O–H groups in total. The number of benzene rings is 2. The van der Waals surface area contributed by atoms with Crippen LogP contribution in [0.2, 0.25) is 0 Å². The van der Waals surface area contributed by atoms with Crippen LogP contribution in [0.15, 0.2) is 24.3 Å². The molecule has 0 unspecified atom stereocenters. The average molecular weight is 447 g/mol. The van der Waals surface area contributed by atoms with Crippen molar-refractivity contribution in [2.24, 2.45) is 0 Å². The van der Waals surface area contributed by atoms with Crippen LogP contribution in [0.4, 0.5) is 0 Å². The minimum absolute atomic E-state index is 0. The molecule has 2 aliphatic rings. The number of hydrogen-bond acceptors (Lipinski definition) is 4. The van der Waals surface area contributed by atoms with Crippen molar-refractivity contribution in [2.75, 3.05) is 6.54 Å². The summed E-state index contributed by atoms with van der Waals surface area (Å²) >= 11 is 0. The monoisotopic (exact) mass is 447 g/mol. The molecule has 0 atom stereocenters. The molecule has 4 amide bonds. The first kappa shape index (κ1) is 18.5. The fraction of sp³-hybridized carbons (Fsp3) is 0.118. The van der Waals surface area contributed by atoms with Crippen LogP contribution in [0.3, 0.4) is 0 Å². The van der Waals surface area contributed by atoms with Crippen LogP contribution in [0.25, 0.3) is 16.1 Å². The number of rotatable bonds is 1. The molecule has 0 bridgehead atoms. The van der Waals surface area contributed by atoms with E-state index in [9.17, 15) is 19.2 Å². The van der Waals surface area contributed by atoms with Gasteiger partial charge in [-0.2, -0.15) is 0 Å². The molecule has 2 aromatic rings. The quantitative estimate of drug-likeness (QED) is 0.497. The SMILES string of the molecule is CCN1C(=O)c2ccc3c4c(ccc(c24)C1=O)C(=O)[N-]C3=O.[CH3-].[La]. The summed E-state index contributed by atoms with van der Waals surface area (Å²) < 4.78 is 0. The van der Waals surface area contributed by atoms with Crippen LogP contribution in [-0.2, 0) is 0 Å². The molecule has 4 rings (SSSR count). The fourth-order valence-electron chi connectivity index (χ4n) is 3.09. The molecule has 0 aromatic heterocycles. The first-order chi connectivity index (χ1) is 10.5. The third kappa shape index (κ3) is 2.19. The van der Waals surface area contributed by atoms with Gasteiger partial charge in [0.2, 0.25) is 0 Å². The van der Waals surface area contributed by atoms with Crippen molar-refractivity contribution in [2.45, 2.75) is 6.92 Å². The zero-order valence-electron chi connectivity index (χ0n) is 13.1. The topological polar surface area (TPSA) is 85.6 Å². The number of hydrogen-bond donors (Lipinski definition) is 0. The molecule has 2 heterocycles. The predicted octanol–water partition coefficient (Wildman–Crippen LogP) is 2.57. The summed E-state index contributed by atoms with van der Waals surface area (Å²) in [6.45, 7) is 1.98. The number of amides is 4. The smallest absolute Gasteiger partial charge is 0.261 e. The van der Waals surface area contributed by atoms with E-state index in [0.717, 1.165) is 4.90 Å². The molecule has 0 spiro atoms. The Hall–Kier alpha value is -1.83. The maximum Gasteiger partial charge on any atom is 0.261 e. The second kappa shape index (κ2) is 6.24. The second-order valence-electron chi connectivity index (χ2n) is 5.15. The Morgan fingerprint density at radius 1 is 0.792 bits per heavy atom. The van der Waals surface area contributed by atoms with Gasteiger partial charge in [-0.1, -0.05) is 12.1 Å². The average Bonchev–Trinajstić information content (AvgIpc) is 2.51. The molecule has 119 valence electrons.